The molecule has 3 aromatic rings. The second kappa shape index (κ2) is 4.14. The molecular formula is C12H9ClN2OS. The Bertz CT molecular complexity index is 674. The van der Waals surface area contributed by atoms with Gasteiger partial charge in [-0.2, -0.15) is 0 Å². The average molecular weight is 265 g/mol. The average Bonchev–Trinajstić information content (AvgIpc) is 2.95. The zero-order chi connectivity index (χ0) is 11.8. The Balaban J connectivity index is 2.14. The van der Waals surface area contributed by atoms with Gasteiger partial charge in [0.15, 0.2) is 0 Å². The lowest BCUT2D eigenvalue weighted by Gasteiger charge is -1.90. The predicted octanol–water partition coefficient (Wildman–Crippen LogP) is 3.44. The number of hydrogen-bond acceptors (Lipinski definition) is 3. The molecule has 0 aliphatic heterocycles. The van der Waals surface area contributed by atoms with E-state index in [1.807, 2.05) is 24.3 Å². The molecule has 86 valence electrons. The second-order valence-corrected chi connectivity index (χ2v) is 5.20. The molecule has 2 heterocycles. The summed E-state index contributed by atoms with van der Waals surface area (Å²) in [5.74, 6) is 0. The minimum Gasteiger partial charge on any atom is -0.391 e. The molecule has 0 fully saturated rings. The van der Waals surface area contributed by atoms with Crippen molar-refractivity contribution < 1.29 is 5.11 Å². The minimum atomic E-state index is 0.0264. The number of hydrogen-bond donors (Lipinski definition) is 2. The molecule has 0 saturated carbocycles. The van der Waals surface area contributed by atoms with Crippen molar-refractivity contribution in [2.45, 2.75) is 6.61 Å². The van der Waals surface area contributed by atoms with Gasteiger partial charge in [0.05, 0.1) is 17.2 Å². The Morgan fingerprint density at radius 2 is 2.29 bits per heavy atom. The molecular weight excluding hydrogens is 256 g/mol. The van der Waals surface area contributed by atoms with E-state index in [2.05, 4.69) is 9.97 Å². The maximum Gasteiger partial charge on any atom is 0.139 e. The van der Waals surface area contributed by atoms with E-state index < -0.39 is 0 Å². The molecule has 2 N–H and O–H groups in total. The molecule has 0 aliphatic rings. The number of aliphatic hydroxyl groups is 1. The summed E-state index contributed by atoms with van der Waals surface area (Å²) < 4.78 is 0. The molecule has 2 aromatic heterocycles. The number of benzene rings is 1. The van der Waals surface area contributed by atoms with Crippen LogP contribution in [-0.2, 0) is 6.61 Å². The zero-order valence-corrected chi connectivity index (χ0v) is 10.3. The summed E-state index contributed by atoms with van der Waals surface area (Å²) >= 11 is 7.58. The topological polar surface area (TPSA) is 48.9 Å². The first-order chi connectivity index (χ1) is 8.28. The van der Waals surface area contributed by atoms with Gasteiger partial charge in [0, 0.05) is 22.1 Å². The highest BCUT2D eigenvalue weighted by Gasteiger charge is 2.09. The number of aromatic nitrogens is 2. The molecule has 3 rings (SSSR count). The summed E-state index contributed by atoms with van der Waals surface area (Å²) in [5, 5.41) is 11.6. The maximum absolute atomic E-state index is 9.02. The largest absolute Gasteiger partial charge is 0.391 e. The molecule has 3 nitrogen and oxygen atoms in total. The highest BCUT2D eigenvalue weighted by molar-refractivity contribution is 7.14. The Morgan fingerprint density at radius 1 is 1.41 bits per heavy atom. The van der Waals surface area contributed by atoms with Crippen LogP contribution in [0.3, 0.4) is 0 Å². The van der Waals surface area contributed by atoms with Crippen molar-refractivity contribution in [1.29, 1.82) is 0 Å². The number of nitrogens with one attached hydrogen (secondary N) is 1. The SMILES string of the molecule is OCc1cnc(-c2cc3c(Cl)cccc3[nH]2)s1. The summed E-state index contributed by atoms with van der Waals surface area (Å²) in [4.78, 5) is 8.39. The van der Waals surface area contributed by atoms with Crippen molar-refractivity contribution >= 4 is 33.8 Å². The van der Waals surface area contributed by atoms with Crippen LogP contribution in [0.5, 0.6) is 0 Å². The van der Waals surface area contributed by atoms with Gasteiger partial charge in [-0.3, -0.25) is 0 Å². The van der Waals surface area contributed by atoms with Crippen molar-refractivity contribution in [3.05, 3.63) is 40.4 Å². The summed E-state index contributed by atoms with van der Waals surface area (Å²) in [6.45, 7) is 0.0264. The predicted molar refractivity (Wildman–Crippen MR) is 70.3 cm³/mol. The van der Waals surface area contributed by atoms with Crippen LogP contribution in [0, 0.1) is 0 Å². The van der Waals surface area contributed by atoms with E-state index in [0.29, 0.717) is 0 Å². The summed E-state index contributed by atoms with van der Waals surface area (Å²) in [7, 11) is 0. The van der Waals surface area contributed by atoms with E-state index in [0.717, 1.165) is 31.5 Å². The fraction of sp³-hybridized carbons (Fsp3) is 0.0833. The van der Waals surface area contributed by atoms with E-state index in [4.69, 9.17) is 16.7 Å². The Kier molecular flexibility index (Phi) is 2.63. The third-order valence-corrected chi connectivity index (χ3v) is 3.90. The first-order valence-corrected chi connectivity index (χ1v) is 6.30. The Labute approximate surface area is 107 Å². The number of nitrogens with zero attached hydrogens (tertiary/aromatic N) is 1. The molecule has 17 heavy (non-hydrogen) atoms. The van der Waals surface area contributed by atoms with Crippen LogP contribution in [0.15, 0.2) is 30.5 Å². The first kappa shape index (κ1) is 10.8. The second-order valence-electron chi connectivity index (χ2n) is 3.67. The number of thiazole rings is 1. The van der Waals surface area contributed by atoms with E-state index in [9.17, 15) is 0 Å². The monoisotopic (exact) mass is 264 g/mol. The van der Waals surface area contributed by atoms with Crippen molar-refractivity contribution in [3.8, 4) is 10.7 Å². The molecule has 0 saturated heterocycles. The molecule has 1 aromatic carbocycles. The van der Waals surface area contributed by atoms with Gasteiger partial charge in [-0.15, -0.1) is 11.3 Å². The minimum absolute atomic E-state index is 0.0264. The molecule has 0 atom stereocenters. The lowest BCUT2D eigenvalue weighted by molar-refractivity contribution is 0.285. The molecule has 5 heteroatoms. The fourth-order valence-electron chi connectivity index (χ4n) is 1.74. The molecule has 0 amide bonds. The molecule has 0 aliphatic carbocycles. The normalized spacial score (nSPS) is 11.2. The van der Waals surface area contributed by atoms with Crippen LogP contribution < -0.4 is 0 Å². The maximum atomic E-state index is 9.02. The van der Waals surface area contributed by atoms with E-state index >= 15 is 0 Å². The van der Waals surface area contributed by atoms with Gasteiger partial charge in [-0.05, 0) is 18.2 Å². The lowest BCUT2D eigenvalue weighted by atomic mass is 10.2. The standard InChI is InChI=1S/C12H9ClN2OS/c13-9-2-1-3-10-8(9)4-11(15-10)12-14-5-7(6-16)17-12/h1-5,15-16H,6H2. The van der Waals surface area contributed by atoms with Gasteiger partial charge in [0.25, 0.3) is 0 Å². The van der Waals surface area contributed by atoms with Crippen LogP contribution in [0.4, 0.5) is 0 Å². The zero-order valence-electron chi connectivity index (χ0n) is 8.77. The number of fused-ring (bicyclic) bond motifs is 1. The van der Waals surface area contributed by atoms with Crippen LogP contribution >= 0.6 is 22.9 Å². The van der Waals surface area contributed by atoms with Crippen LogP contribution in [0.2, 0.25) is 5.02 Å². The first-order valence-electron chi connectivity index (χ1n) is 5.11. The number of halogens is 1. The van der Waals surface area contributed by atoms with Crippen LogP contribution in [0.25, 0.3) is 21.6 Å². The van der Waals surface area contributed by atoms with Crippen molar-refractivity contribution in [1.82, 2.24) is 9.97 Å². The molecule has 0 radical (unpaired) electrons. The summed E-state index contributed by atoms with van der Waals surface area (Å²) in [6.07, 6.45) is 1.69. The smallest absolute Gasteiger partial charge is 0.139 e. The van der Waals surface area contributed by atoms with Crippen LogP contribution in [-0.4, -0.2) is 15.1 Å². The van der Waals surface area contributed by atoms with Crippen LogP contribution in [0.1, 0.15) is 4.88 Å². The third-order valence-electron chi connectivity index (χ3n) is 2.55. The quantitative estimate of drug-likeness (QED) is 0.745. The number of aromatic amines is 1. The number of aliphatic hydroxyl groups excluding tert-OH is 1. The van der Waals surface area contributed by atoms with Gasteiger partial charge in [-0.25, -0.2) is 4.98 Å². The van der Waals surface area contributed by atoms with Gasteiger partial charge >= 0.3 is 0 Å². The van der Waals surface area contributed by atoms with E-state index in [1.165, 1.54) is 11.3 Å². The molecule has 0 spiro atoms. The summed E-state index contributed by atoms with van der Waals surface area (Å²) in [6, 6.07) is 7.73. The van der Waals surface area contributed by atoms with Crippen molar-refractivity contribution in [2.24, 2.45) is 0 Å². The van der Waals surface area contributed by atoms with Gasteiger partial charge in [0.2, 0.25) is 0 Å². The highest BCUT2D eigenvalue weighted by Crippen LogP contribution is 2.30. The molecule has 0 unspecified atom stereocenters. The van der Waals surface area contributed by atoms with Crippen molar-refractivity contribution in [2.75, 3.05) is 0 Å². The fourth-order valence-corrected chi connectivity index (χ4v) is 2.71. The van der Waals surface area contributed by atoms with Crippen molar-refractivity contribution in [3.63, 3.8) is 0 Å². The van der Waals surface area contributed by atoms with E-state index in [-0.39, 0.29) is 6.61 Å². The van der Waals surface area contributed by atoms with E-state index in [1.54, 1.807) is 6.20 Å². The number of H-pyrrole nitrogens is 1. The summed E-state index contributed by atoms with van der Waals surface area (Å²) in [5.41, 5.74) is 1.92. The number of rotatable bonds is 2. The van der Waals surface area contributed by atoms with Gasteiger partial charge < -0.3 is 10.1 Å². The third kappa shape index (κ3) is 1.84. The Hall–Kier alpha value is -1.36. The highest BCUT2D eigenvalue weighted by atomic mass is 35.5. The Morgan fingerprint density at radius 3 is 3.00 bits per heavy atom. The van der Waals surface area contributed by atoms with Gasteiger partial charge in [-0.1, -0.05) is 17.7 Å². The van der Waals surface area contributed by atoms with Gasteiger partial charge in [0.1, 0.15) is 5.01 Å². The lowest BCUT2D eigenvalue weighted by Crippen LogP contribution is -1.72. The molecule has 0 bridgehead atoms.